The summed E-state index contributed by atoms with van der Waals surface area (Å²) in [6.45, 7) is 9.09. The molecular formula is C15H24N2O. The Morgan fingerprint density at radius 1 is 1.22 bits per heavy atom. The van der Waals surface area contributed by atoms with Crippen LogP contribution in [0.3, 0.4) is 0 Å². The first kappa shape index (κ1) is 14.7. The molecule has 0 aliphatic heterocycles. The van der Waals surface area contributed by atoms with Gasteiger partial charge in [0.05, 0.1) is 6.04 Å². The first-order valence-corrected chi connectivity index (χ1v) is 6.74. The topological polar surface area (TPSA) is 32.3 Å². The molecule has 1 aromatic carbocycles. The van der Waals surface area contributed by atoms with E-state index in [2.05, 4.69) is 24.1 Å². The third kappa shape index (κ3) is 4.88. The molecule has 1 aromatic rings. The Bertz CT molecular complexity index is 347. The van der Waals surface area contributed by atoms with Gasteiger partial charge in [-0.3, -0.25) is 4.79 Å². The van der Waals surface area contributed by atoms with Crippen molar-refractivity contribution in [2.45, 2.75) is 33.2 Å². The minimum atomic E-state index is 0.0791. The minimum Gasteiger partial charge on any atom is -0.350 e. The molecule has 0 spiro atoms. The largest absolute Gasteiger partial charge is 0.350 e. The number of rotatable bonds is 7. The van der Waals surface area contributed by atoms with E-state index in [1.807, 2.05) is 37.3 Å². The number of amides is 1. The fourth-order valence-electron chi connectivity index (χ4n) is 1.94. The van der Waals surface area contributed by atoms with E-state index in [0.717, 1.165) is 25.2 Å². The molecule has 1 rings (SSSR count). The number of nitrogens with one attached hydrogen (secondary N) is 1. The molecule has 0 bridgehead atoms. The number of carbonyl (C=O) groups excluding carboxylic acids is 1. The second-order valence-corrected chi connectivity index (χ2v) is 4.48. The van der Waals surface area contributed by atoms with Gasteiger partial charge in [-0.05, 0) is 25.6 Å². The third-order valence-corrected chi connectivity index (χ3v) is 3.23. The van der Waals surface area contributed by atoms with Crippen LogP contribution in [0.25, 0.3) is 0 Å². The SMILES string of the molecule is CCN(CC)CCC(=O)NC(C)c1ccccc1. The van der Waals surface area contributed by atoms with Gasteiger partial charge in [-0.1, -0.05) is 44.2 Å². The molecule has 0 aliphatic carbocycles. The average molecular weight is 248 g/mol. The number of nitrogens with zero attached hydrogens (tertiary/aromatic N) is 1. The summed E-state index contributed by atoms with van der Waals surface area (Å²) in [4.78, 5) is 14.1. The average Bonchev–Trinajstić information content (AvgIpc) is 2.41. The zero-order valence-corrected chi connectivity index (χ0v) is 11.6. The van der Waals surface area contributed by atoms with Crippen LogP contribution in [0.2, 0.25) is 0 Å². The number of benzene rings is 1. The summed E-state index contributed by atoms with van der Waals surface area (Å²) in [5.41, 5.74) is 1.15. The van der Waals surface area contributed by atoms with E-state index >= 15 is 0 Å². The van der Waals surface area contributed by atoms with Gasteiger partial charge in [0.25, 0.3) is 0 Å². The van der Waals surface area contributed by atoms with Crippen LogP contribution in [0.15, 0.2) is 30.3 Å². The van der Waals surface area contributed by atoms with Crippen molar-refractivity contribution in [2.24, 2.45) is 0 Å². The molecule has 3 heteroatoms. The van der Waals surface area contributed by atoms with Crippen LogP contribution < -0.4 is 5.32 Å². The molecule has 1 amide bonds. The molecule has 0 radical (unpaired) electrons. The highest BCUT2D eigenvalue weighted by atomic mass is 16.1. The van der Waals surface area contributed by atoms with Gasteiger partial charge < -0.3 is 10.2 Å². The molecule has 3 nitrogen and oxygen atoms in total. The monoisotopic (exact) mass is 248 g/mol. The highest BCUT2D eigenvalue weighted by Crippen LogP contribution is 2.11. The van der Waals surface area contributed by atoms with E-state index in [-0.39, 0.29) is 11.9 Å². The van der Waals surface area contributed by atoms with Gasteiger partial charge in [0.2, 0.25) is 5.91 Å². The lowest BCUT2D eigenvalue weighted by Crippen LogP contribution is -2.32. The lowest BCUT2D eigenvalue weighted by atomic mass is 10.1. The Morgan fingerprint density at radius 3 is 2.39 bits per heavy atom. The molecule has 100 valence electrons. The minimum absolute atomic E-state index is 0.0791. The Morgan fingerprint density at radius 2 is 1.83 bits per heavy atom. The highest BCUT2D eigenvalue weighted by Gasteiger charge is 2.10. The van der Waals surface area contributed by atoms with Crippen LogP contribution in [0.5, 0.6) is 0 Å². The second-order valence-electron chi connectivity index (χ2n) is 4.48. The van der Waals surface area contributed by atoms with Crippen molar-refractivity contribution in [1.29, 1.82) is 0 Å². The summed E-state index contributed by atoms with van der Waals surface area (Å²) in [5.74, 6) is 0.123. The fourth-order valence-corrected chi connectivity index (χ4v) is 1.94. The first-order valence-electron chi connectivity index (χ1n) is 6.74. The predicted molar refractivity (Wildman–Crippen MR) is 75.4 cm³/mol. The van der Waals surface area contributed by atoms with Crippen molar-refractivity contribution in [1.82, 2.24) is 10.2 Å². The van der Waals surface area contributed by atoms with E-state index in [4.69, 9.17) is 0 Å². The Kier molecular flexibility index (Phi) is 6.44. The zero-order chi connectivity index (χ0) is 13.4. The quantitative estimate of drug-likeness (QED) is 0.804. The molecular weight excluding hydrogens is 224 g/mol. The fraction of sp³-hybridized carbons (Fsp3) is 0.533. The summed E-state index contributed by atoms with van der Waals surface area (Å²) in [6.07, 6.45) is 0.568. The smallest absolute Gasteiger partial charge is 0.221 e. The van der Waals surface area contributed by atoms with Crippen LogP contribution in [-0.4, -0.2) is 30.4 Å². The molecule has 0 saturated heterocycles. The van der Waals surface area contributed by atoms with E-state index < -0.39 is 0 Å². The van der Waals surface area contributed by atoms with Gasteiger partial charge in [0.15, 0.2) is 0 Å². The van der Waals surface area contributed by atoms with Crippen LogP contribution >= 0.6 is 0 Å². The van der Waals surface area contributed by atoms with Crippen molar-refractivity contribution < 1.29 is 4.79 Å². The van der Waals surface area contributed by atoms with Crippen molar-refractivity contribution in [2.75, 3.05) is 19.6 Å². The van der Waals surface area contributed by atoms with Crippen molar-refractivity contribution >= 4 is 5.91 Å². The molecule has 1 unspecified atom stereocenters. The zero-order valence-electron chi connectivity index (χ0n) is 11.6. The van der Waals surface area contributed by atoms with Gasteiger partial charge in [0, 0.05) is 13.0 Å². The summed E-state index contributed by atoms with van der Waals surface area (Å²) in [5, 5.41) is 3.03. The maximum atomic E-state index is 11.8. The standard InChI is InChI=1S/C15H24N2O/c1-4-17(5-2)12-11-15(18)16-13(3)14-9-7-6-8-10-14/h6-10,13H,4-5,11-12H2,1-3H3,(H,16,18). The van der Waals surface area contributed by atoms with Crippen molar-refractivity contribution in [3.8, 4) is 0 Å². The lowest BCUT2D eigenvalue weighted by Gasteiger charge is -2.19. The number of carbonyl (C=O) groups is 1. The van der Waals surface area contributed by atoms with E-state index in [1.54, 1.807) is 0 Å². The normalized spacial score (nSPS) is 12.4. The van der Waals surface area contributed by atoms with Gasteiger partial charge in [-0.25, -0.2) is 0 Å². The molecule has 0 aromatic heterocycles. The Hall–Kier alpha value is -1.35. The van der Waals surface area contributed by atoms with E-state index in [9.17, 15) is 4.79 Å². The van der Waals surface area contributed by atoms with Crippen molar-refractivity contribution in [3.63, 3.8) is 0 Å². The molecule has 0 saturated carbocycles. The Balaban J connectivity index is 2.36. The van der Waals surface area contributed by atoms with Crippen LogP contribution in [0.4, 0.5) is 0 Å². The van der Waals surface area contributed by atoms with E-state index in [1.165, 1.54) is 0 Å². The second kappa shape index (κ2) is 7.88. The van der Waals surface area contributed by atoms with Crippen molar-refractivity contribution in [3.05, 3.63) is 35.9 Å². The number of hydrogen-bond acceptors (Lipinski definition) is 2. The maximum absolute atomic E-state index is 11.8. The molecule has 0 aliphatic rings. The maximum Gasteiger partial charge on any atom is 0.221 e. The lowest BCUT2D eigenvalue weighted by molar-refractivity contribution is -0.122. The summed E-state index contributed by atoms with van der Waals surface area (Å²) in [7, 11) is 0. The number of hydrogen-bond donors (Lipinski definition) is 1. The van der Waals surface area contributed by atoms with Gasteiger partial charge in [-0.2, -0.15) is 0 Å². The predicted octanol–water partition coefficient (Wildman–Crippen LogP) is 2.60. The third-order valence-electron chi connectivity index (χ3n) is 3.23. The highest BCUT2D eigenvalue weighted by molar-refractivity contribution is 5.76. The molecule has 0 heterocycles. The summed E-state index contributed by atoms with van der Waals surface area (Å²) in [6, 6.07) is 10.1. The van der Waals surface area contributed by atoms with Gasteiger partial charge in [-0.15, -0.1) is 0 Å². The summed E-state index contributed by atoms with van der Waals surface area (Å²) >= 11 is 0. The molecule has 1 N–H and O–H groups in total. The van der Waals surface area contributed by atoms with Crippen LogP contribution in [0.1, 0.15) is 38.8 Å². The molecule has 18 heavy (non-hydrogen) atoms. The van der Waals surface area contributed by atoms with Crippen LogP contribution in [0, 0.1) is 0 Å². The van der Waals surface area contributed by atoms with Gasteiger partial charge in [0.1, 0.15) is 0 Å². The van der Waals surface area contributed by atoms with E-state index in [0.29, 0.717) is 6.42 Å². The van der Waals surface area contributed by atoms with Crippen LogP contribution in [-0.2, 0) is 4.79 Å². The first-order chi connectivity index (χ1) is 8.67. The van der Waals surface area contributed by atoms with Gasteiger partial charge >= 0.3 is 0 Å². The Labute approximate surface area is 110 Å². The molecule has 0 fully saturated rings. The molecule has 1 atom stereocenters. The summed E-state index contributed by atoms with van der Waals surface area (Å²) < 4.78 is 0.